The van der Waals surface area contributed by atoms with Crippen molar-refractivity contribution in [1.29, 1.82) is 0 Å². The largest absolute Gasteiger partial charge is 0.507 e. The average molecular weight is 314 g/mol. The van der Waals surface area contributed by atoms with Crippen molar-refractivity contribution in [1.82, 2.24) is 0 Å². The summed E-state index contributed by atoms with van der Waals surface area (Å²) in [5.74, 6) is 0.735. The van der Waals surface area contributed by atoms with Gasteiger partial charge < -0.3 is 19.3 Å². The zero-order chi connectivity index (χ0) is 16.8. The number of ether oxygens (including phenoxy) is 3. The van der Waals surface area contributed by atoms with Gasteiger partial charge in [0.05, 0.1) is 21.3 Å². The normalized spacial score (nSPS) is 11.0. The van der Waals surface area contributed by atoms with Crippen LogP contribution in [-0.4, -0.2) is 32.2 Å². The van der Waals surface area contributed by atoms with Gasteiger partial charge in [0, 0.05) is 17.2 Å². The first-order valence-corrected chi connectivity index (χ1v) is 6.91. The molecular weight excluding hydrogens is 296 g/mol. The fourth-order valence-corrected chi connectivity index (χ4v) is 2.12. The molecule has 2 aromatic carbocycles. The molecule has 0 saturated carbocycles. The molecule has 5 nitrogen and oxygen atoms in total. The number of aliphatic hydroxyl groups excluding tert-OH is 1. The van der Waals surface area contributed by atoms with Crippen molar-refractivity contribution in [2.24, 2.45) is 0 Å². The highest BCUT2D eigenvalue weighted by atomic mass is 16.5. The lowest BCUT2D eigenvalue weighted by molar-refractivity contribution is 0.104. The number of allylic oxidation sites excluding steroid dienone is 1. The molecular formula is C18H18O5. The highest BCUT2D eigenvalue weighted by Gasteiger charge is 2.15. The number of benzene rings is 2. The summed E-state index contributed by atoms with van der Waals surface area (Å²) in [5, 5.41) is 10.2. The first kappa shape index (κ1) is 16.4. The van der Waals surface area contributed by atoms with E-state index in [1.807, 2.05) is 6.07 Å². The summed E-state index contributed by atoms with van der Waals surface area (Å²) in [6, 6.07) is 11.9. The number of aliphatic hydroxyl groups is 1. The molecule has 0 aliphatic rings. The molecule has 23 heavy (non-hydrogen) atoms. The van der Waals surface area contributed by atoms with Gasteiger partial charge in [0.2, 0.25) is 5.75 Å². The maximum Gasteiger partial charge on any atom is 0.203 e. The predicted octanol–water partition coefficient (Wildman–Crippen LogP) is 3.49. The number of methoxy groups -OCH3 is 3. The summed E-state index contributed by atoms with van der Waals surface area (Å²) in [4.78, 5) is 12.1. The predicted molar refractivity (Wildman–Crippen MR) is 87.5 cm³/mol. The van der Waals surface area contributed by atoms with E-state index < -0.39 is 0 Å². The number of rotatable bonds is 6. The first-order valence-electron chi connectivity index (χ1n) is 6.91. The second-order valence-corrected chi connectivity index (χ2v) is 4.67. The van der Waals surface area contributed by atoms with Crippen LogP contribution in [0, 0.1) is 0 Å². The van der Waals surface area contributed by atoms with Gasteiger partial charge in [-0.15, -0.1) is 0 Å². The fraction of sp³-hybridized carbons (Fsp3) is 0.167. The smallest absolute Gasteiger partial charge is 0.203 e. The van der Waals surface area contributed by atoms with Gasteiger partial charge in [0.15, 0.2) is 17.3 Å². The van der Waals surface area contributed by atoms with E-state index in [1.54, 1.807) is 36.4 Å². The second kappa shape index (κ2) is 7.35. The Morgan fingerprint density at radius 3 is 1.96 bits per heavy atom. The van der Waals surface area contributed by atoms with Crippen LogP contribution in [0.4, 0.5) is 0 Å². The molecule has 0 heterocycles. The third kappa shape index (κ3) is 3.63. The van der Waals surface area contributed by atoms with Crippen molar-refractivity contribution < 1.29 is 24.1 Å². The molecule has 0 amide bonds. The number of hydrogen-bond acceptors (Lipinski definition) is 5. The van der Waals surface area contributed by atoms with E-state index in [0.29, 0.717) is 28.4 Å². The van der Waals surface area contributed by atoms with Crippen molar-refractivity contribution in [2.75, 3.05) is 21.3 Å². The molecule has 0 aliphatic heterocycles. The average Bonchev–Trinajstić information content (AvgIpc) is 2.60. The molecule has 0 radical (unpaired) electrons. The summed E-state index contributed by atoms with van der Waals surface area (Å²) in [6.45, 7) is 0. The van der Waals surface area contributed by atoms with Crippen LogP contribution >= 0.6 is 0 Å². The Bertz CT molecular complexity index is 694. The maximum absolute atomic E-state index is 12.1. The summed E-state index contributed by atoms with van der Waals surface area (Å²) < 4.78 is 15.7. The minimum atomic E-state index is -0.295. The Hall–Kier alpha value is -2.95. The van der Waals surface area contributed by atoms with Crippen LogP contribution in [0.1, 0.15) is 15.9 Å². The Morgan fingerprint density at radius 2 is 1.48 bits per heavy atom. The van der Waals surface area contributed by atoms with Gasteiger partial charge >= 0.3 is 0 Å². The monoisotopic (exact) mass is 314 g/mol. The third-order valence-electron chi connectivity index (χ3n) is 3.29. The van der Waals surface area contributed by atoms with Gasteiger partial charge in [0.1, 0.15) is 5.76 Å². The van der Waals surface area contributed by atoms with Gasteiger partial charge in [0.25, 0.3) is 0 Å². The quantitative estimate of drug-likeness (QED) is 0.502. The van der Waals surface area contributed by atoms with Crippen LogP contribution in [0.15, 0.2) is 48.5 Å². The van der Waals surface area contributed by atoms with E-state index in [1.165, 1.54) is 21.3 Å². The summed E-state index contributed by atoms with van der Waals surface area (Å²) in [6.07, 6.45) is 1.16. The second-order valence-electron chi connectivity index (χ2n) is 4.67. The van der Waals surface area contributed by atoms with Gasteiger partial charge in [-0.2, -0.15) is 0 Å². The molecule has 120 valence electrons. The summed E-state index contributed by atoms with van der Waals surface area (Å²) >= 11 is 0. The van der Waals surface area contributed by atoms with Gasteiger partial charge in [-0.1, -0.05) is 30.3 Å². The maximum atomic E-state index is 12.1. The van der Waals surface area contributed by atoms with Crippen LogP contribution in [0.25, 0.3) is 5.76 Å². The molecule has 0 saturated heterocycles. The molecule has 0 atom stereocenters. The molecule has 2 aromatic rings. The number of ketones is 1. The van der Waals surface area contributed by atoms with Gasteiger partial charge in [-0.25, -0.2) is 0 Å². The summed E-state index contributed by atoms with van der Waals surface area (Å²) in [7, 11) is 4.46. The zero-order valence-electron chi connectivity index (χ0n) is 13.2. The Kier molecular flexibility index (Phi) is 5.25. The number of hydrogen-bond donors (Lipinski definition) is 1. The molecule has 0 bridgehead atoms. The number of carbonyl (C=O) groups excluding carboxylic acids is 1. The van der Waals surface area contributed by atoms with Crippen molar-refractivity contribution in [3.05, 3.63) is 59.7 Å². The van der Waals surface area contributed by atoms with Crippen molar-refractivity contribution in [3.8, 4) is 17.2 Å². The van der Waals surface area contributed by atoms with Gasteiger partial charge in [-0.3, -0.25) is 4.79 Å². The Labute approximate surface area is 134 Å². The van der Waals surface area contributed by atoms with Gasteiger partial charge in [-0.05, 0) is 12.1 Å². The van der Waals surface area contributed by atoms with Crippen LogP contribution in [-0.2, 0) is 0 Å². The summed E-state index contributed by atoms with van der Waals surface area (Å²) in [5.41, 5.74) is 0.885. The molecule has 2 rings (SSSR count). The molecule has 5 heteroatoms. The minimum Gasteiger partial charge on any atom is -0.507 e. The van der Waals surface area contributed by atoms with E-state index in [4.69, 9.17) is 14.2 Å². The van der Waals surface area contributed by atoms with E-state index in [9.17, 15) is 9.90 Å². The Balaban J connectivity index is 2.41. The molecule has 0 aromatic heterocycles. The number of carbonyl (C=O) groups is 1. The van der Waals surface area contributed by atoms with Crippen LogP contribution in [0.2, 0.25) is 0 Å². The molecule has 0 unspecified atom stereocenters. The SMILES string of the molecule is COc1cc(/C(O)=C/C(=O)c2ccccc2)cc(OC)c1OC. The lowest BCUT2D eigenvalue weighted by Gasteiger charge is -2.13. The van der Waals surface area contributed by atoms with E-state index in [2.05, 4.69) is 0 Å². The highest BCUT2D eigenvalue weighted by Crippen LogP contribution is 2.39. The van der Waals surface area contributed by atoms with E-state index in [0.717, 1.165) is 6.08 Å². The first-order chi connectivity index (χ1) is 11.1. The molecule has 1 N–H and O–H groups in total. The third-order valence-corrected chi connectivity index (χ3v) is 3.29. The molecule has 0 aliphatic carbocycles. The molecule has 0 fully saturated rings. The van der Waals surface area contributed by atoms with Crippen molar-refractivity contribution >= 4 is 11.5 Å². The van der Waals surface area contributed by atoms with Crippen LogP contribution in [0.3, 0.4) is 0 Å². The lowest BCUT2D eigenvalue weighted by atomic mass is 10.1. The van der Waals surface area contributed by atoms with Crippen molar-refractivity contribution in [2.45, 2.75) is 0 Å². The zero-order valence-corrected chi connectivity index (χ0v) is 13.2. The van der Waals surface area contributed by atoms with Crippen LogP contribution in [0.5, 0.6) is 17.2 Å². The van der Waals surface area contributed by atoms with Crippen molar-refractivity contribution in [3.63, 3.8) is 0 Å². The minimum absolute atomic E-state index is 0.182. The van der Waals surface area contributed by atoms with E-state index in [-0.39, 0.29) is 11.5 Å². The topological polar surface area (TPSA) is 65.0 Å². The molecule has 0 spiro atoms. The van der Waals surface area contributed by atoms with Crippen LogP contribution < -0.4 is 14.2 Å². The fourth-order valence-electron chi connectivity index (χ4n) is 2.12. The standard InChI is InChI=1S/C18H18O5/c1-21-16-9-13(10-17(22-2)18(16)23-3)15(20)11-14(19)12-7-5-4-6-8-12/h4-11,20H,1-3H3/b15-11-. The van der Waals surface area contributed by atoms with E-state index >= 15 is 0 Å². The lowest BCUT2D eigenvalue weighted by Crippen LogP contribution is -1.99. The highest BCUT2D eigenvalue weighted by molar-refractivity contribution is 6.07. The Morgan fingerprint density at radius 1 is 0.913 bits per heavy atom.